The van der Waals surface area contributed by atoms with Crippen molar-refractivity contribution in [3.05, 3.63) is 0 Å². The third kappa shape index (κ3) is 1.57. The molecule has 0 fully saturated rings. The lowest BCUT2D eigenvalue weighted by atomic mass is 10.3. The summed E-state index contributed by atoms with van der Waals surface area (Å²) in [4.78, 5) is 11.1. The Kier molecular flexibility index (Phi) is 3.58. The average Bonchev–Trinajstić information content (AvgIpc) is 1.92. The van der Waals surface area contributed by atoms with Gasteiger partial charge in [-0.3, -0.25) is 4.48 Å². The Hall–Kier alpha value is -0.370. The highest BCUT2D eigenvalue weighted by molar-refractivity contribution is 5.65. The van der Waals surface area contributed by atoms with Crippen molar-refractivity contribution in [2.45, 2.75) is 27.7 Å². The number of rotatable bonds is 3. The first-order valence-corrected chi connectivity index (χ1v) is 4.00. The van der Waals surface area contributed by atoms with Crippen LogP contribution < -0.4 is 0 Å². The summed E-state index contributed by atoms with van der Waals surface area (Å²) in [7, 11) is 0. The fourth-order valence-electron chi connectivity index (χ4n) is 1.34. The summed E-state index contributed by atoms with van der Waals surface area (Å²) >= 11 is 0. The molecule has 0 atom stereocenters. The van der Waals surface area contributed by atoms with Crippen molar-refractivity contribution < 1.29 is 9.28 Å². The molecular weight excluding hydrogens is 126 g/mol. The van der Waals surface area contributed by atoms with E-state index in [4.69, 9.17) is 0 Å². The molecule has 0 bridgehead atoms. The van der Waals surface area contributed by atoms with E-state index in [1.54, 1.807) is 6.92 Å². The number of hydrogen-bond donors (Lipinski definition) is 0. The van der Waals surface area contributed by atoms with Gasteiger partial charge in [0.15, 0.2) is 0 Å². The molecule has 0 aromatic rings. The fraction of sp³-hybridized carbons (Fsp3) is 0.875. The molecule has 1 amide bonds. The van der Waals surface area contributed by atoms with Crippen molar-refractivity contribution in [3.63, 3.8) is 0 Å². The molecule has 60 valence electrons. The molecule has 0 unspecified atom stereocenters. The van der Waals surface area contributed by atoms with Gasteiger partial charge in [-0.25, -0.2) is 4.79 Å². The summed E-state index contributed by atoms with van der Waals surface area (Å²) in [6, 6.07) is 0. The van der Waals surface area contributed by atoms with Gasteiger partial charge in [0.1, 0.15) is 0 Å². The monoisotopic (exact) mass is 144 g/mol. The number of amides is 1. The van der Waals surface area contributed by atoms with E-state index in [1.165, 1.54) is 0 Å². The van der Waals surface area contributed by atoms with Gasteiger partial charge in [-0.2, -0.15) is 0 Å². The van der Waals surface area contributed by atoms with E-state index >= 15 is 0 Å². The zero-order valence-corrected chi connectivity index (χ0v) is 7.48. The zero-order valence-electron chi connectivity index (χ0n) is 7.48. The fourth-order valence-corrected chi connectivity index (χ4v) is 1.34. The lowest BCUT2D eigenvalue weighted by Gasteiger charge is -2.31. The molecule has 0 saturated carbocycles. The molecule has 2 nitrogen and oxygen atoms in total. The van der Waals surface area contributed by atoms with Gasteiger partial charge in [0.05, 0.1) is 26.6 Å². The topological polar surface area (TPSA) is 17.1 Å². The molecule has 0 saturated heterocycles. The van der Waals surface area contributed by atoms with Gasteiger partial charge in [0.25, 0.3) is 0 Å². The largest absolute Gasteiger partial charge is 0.310 e. The van der Waals surface area contributed by atoms with Crippen LogP contribution in [0.1, 0.15) is 27.7 Å². The van der Waals surface area contributed by atoms with Crippen LogP contribution in [0.5, 0.6) is 0 Å². The van der Waals surface area contributed by atoms with Gasteiger partial charge in [-0.05, 0) is 20.8 Å². The van der Waals surface area contributed by atoms with E-state index < -0.39 is 0 Å². The van der Waals surface area contributed by atoms with Gasteiger partial charge in [0, 0.05) is 0 Å². The number of carbonyl (C=O) groups is 1. The Labute approximate surface area is 63.4 Å². The lowest BCUT2D eigenvalue weighted by Crippen LogP contribution is -2.51. The Bertz CT molecular complexity index is 108. The minimum atomic E-state index is 0.285. The molecule has 0 heterocycles. The van der Waals surface area contributed by atoms with Crippen LogP contribution in [0, 0.1) is 0 Å². The molecular formula is C8H18NO+. The van der Waals surface area contributed by atoms with Crippen molar-refractivity contribution in [3.8, 4) is 0 Å². The lowest BCUT2D eigenvalue weighted by molar-refractivity contribution is -0.848. The summed E-state index contributed by atoms with van der Waals surface area (Å²) < 4.78 is 0.625. The van der Waals surface area contributed by atoms with Crippen LogP contribution in [-0.4, -0.2) is 30.0 Å². The Morgan fingerprint density at radius 2 is 1.40 bits per heavy atom. The van der Waals surface area contributed by atoms with Gasteiger partial charge in [-0.1, -0.05) is 0 Å². The third-order valence-corrected chi connectivity index (χ3v) is 2.48. The van der Waals surface area contributed by atoms with Crippen LogP contribution in [0.2, 0.25) is 0 Å². The normalized spacial score (nSPS) is 11.6. The van der Waals surface area contributed by atoms with Gasteiger partial charge in [-0.15, -0.1) is 0 Å². The highest BCUT2D eigenvalue weighted by Gasteiger charge is 2.26. The summed E-state index contributed by atoms with van der Waals surface area (Å²) in [6.45, 7) is 10.6. The first-order chi connectivity index (χ1) is 4.63. The van der Waals surface area contributed by atoms with E-state index in [0.29, 0.717) is 4.48 Å². The molecule has 0 aliphatic carbocycles. The number of carbonyl (C=O) groups excluding carboxylic acids is 1. The SMILES string of the molecule is CC[N+](CC)(CC)C(C)=O. The maximum atomic E-state index is 11.1. The molecule has 0 aliphatic heterocycles. The molecule has 0 spiro atoms. The maximum Gasteiger partial charge on any atom is 0.310 e. The average molecular weight is 144 g/mol. The van der Waals surface area contributed by atoms with Crippen LogP contribution in [-0.2, 0) is 4.79 Å². The zero-order chi connectivity index (χ0) is 8.20. The quantitative estimate of drug-likeness (QED) is 0.547. The standard InChI is InChI=1S/C8H18NO/c1-5-9(6-2,7-3)8(4)10/h5-7H2,1-4H3/q+1. The van der Waals surface area contributed by atoms with Crippen molar-refractivity contribution in [1.29, 1.82) is 0 Å². The predicted octanol–water partition coefficient (Wildman–Crippen LogP) is 1.41. The molecule has 0 N–H and O–H groups in total. The minimum Gasteiger partial charge on any atom is -0.261 e. The van der Waals surface area contributed by atoms with Crippen molar-refractivity contribution in [2.75, 3.05) is 19.6 Å². The van der Waals surface area contributed by atoms with Crippen LogP contribution in [0.15, 0.2) is 0 Å². The van der Waals surface area contributed by atoms with Crippen LogP contribution >= 0.6 is 0 Å². The molecule has 0 radical (unpaired) electrons. The molecule has 0 aromatic carbocycles. The summed E-state index contributed by atoms with van der Waals surface area (Å²) in [6.07, 6.45) is 0. The first-order valence-electron chi connectivity index (χ1n) is 4.00. The van der Waals surface area contributed by atoms with Gasteiger partial charge in [0.2, 0.25) is 0 Å². The smallest absolute Gasteiger partial charge is 0.261 e. The minimum absolute atomic E-state index is 0.285. The molecule has 0 aliphatic rings. The predicted molar refractivity (Wildman–Crippen MR) is 42.6 cm³/mol. The second-order valence-electron chi connectivity index (χ2n) is 2.61. The van der Waals surface area contributed by atoms with E-state index in [0.717, 1.165) is 19.6 Å². The van der Waals surface area contributed by atoms with Crippen LogP contribution in [0.3, 0.4) is 0 Å². The molecule has 2 heteroatoms. The maximum absolute atomic E-state index is 11.1. The van der Waals surface area contributed by atoms with Crippen LogP contribution in [0.4, 0.5) is 0 Å². The Balaban J connectivity index is 4.31. The summed E-state index contributed by atoms with van der Waals surface area (Å²) in [5, 5.41) is 0. The number of hydrogen-bond acceptors (Lipinski definition) is 1. The van der Waals surface area contributed by atoms with Crippen molar-refractivity contribution in [2.24, 2.45) is 0 Å². The molecule has 10 heavy (non-hydrogen) atoms. The Morgan fingerprint density at radius 3 is 1.40 bits per heavy atom. The number of nitrogens with zero attached hydrogens (tertiary/aromatic N) is 1. The van der Waals surface area contributed by atoms with Crippen molar-refractivity contribution in [1.82, 2.24) is 0 Å². The van der Waals surface area contributed by atoms with E-state index in [9.17, 15) is 4.79 Å². The Morgan fingerprint density at radius 1 is 1.10 bits per heavy atom. The molecule has 0 aromatic heterocycles. The van der Waals surface area contributed by atoms with Crippen LogP contribution in [0.25, 0.3) is 0 Å². The highest BCUT2D eigenvalue weighted by atomic mass is 16.2. The highest BCUT2D eigenvalue weighted by Crippen LogP contribution is 2.05. The second kappa shape index (κ2) is 3.71. The van der Waals surface area contributed by atoms with E-state index in [1.807, 2.05) is 0 Å². The molecule has 0 rings (SSSR count). The third-order valence-electron chi connectivity index (χ3n) is 2.48. The van der Waals surface area contributed by atoms with Gasteiger partial charge >= 0.3 is 5.91 Å². The van der Waals surface area contributed by atoms with E-state index in [-0.39, 0.29) is 5.91 Å². The first kappa shape index (κ1) is 9.63. The van der Waals surface area contributed by atoms with E-state index in [2.05, 4.69) is 20.8 Å². The number of quaternary nitrogens is 1. The van der Waals surface area contributed by atoms with Crippen molar-refractivity contribution >= 4 is 5.91 Å². The van der Waals surface area contributed by atoms with Gasteiger partial charge < -0.3 is 0 Å². The summed E-state index contributed by atoms with van der Waals surface area (Å²) in [5.41, 5.74) is 0. The summed E-state index contributed by atoms with van der Waals surface area (Å²) in [5.74, 6) is 0.285. The second-order valence-corrected chi connectivity index (χ2v) is 2.61.